The van der Waals surface area contributed by atoms with Gasteiger partial charge in [0.1, 0.15) is 5.75 Å². The minimum atomic E-state index is 0.940. The normalized spacial score (nSPS) is 15.5. The molecule has 1 heterocycles. The Morgan fingerprint density at radius 2 is 1.54 bits per heavy atom. The lowest BCUT2D eigenvalue weighted by Gasteiger charge is -2.36. The number of methoxy groups -OCH3 is 1. The van der Waals surface area contributed by atoms with Gasteiger partial charge in [-0.05, 0) is 55.6 Å². The first-order valence-corrected chi connectivity index (χ1v) is 9.00. The van der Waals surface area contributed by atoms with Crippen LogP contribution in [0.2, 0.25) is 0 Å². The van der Waals surface area contributed by atoms with E-state index in [2.05, 4.69) is 64.4 Å². The quantitative estimate of drug-likeness (QED) is 0.720. The zero-order valence-corrected chi connectivity index (χ0v) is 14.7. The molecule has 3 nitrogen and oxygen atoms in total. The lowest BCUT2D eigenvalue weighted by Crippen LogP contribution is -2.46. The molecule has 3 rings (SSSR count). The van der Waals surface area contributed by atoms with Crippen LogP contribution >= 0.6 is 0 Å². The fourth-order valence-electron chi connectivity index (χ4n) is 3.33. The van der Waals surface area contributed by atoms with Crippen LogP contribution in [0.25, 0.3) is 0 Å². The van der Waals surface area contributed by atoms with E-state index in [1.165, 1.54) is 43.7 Å². The van der Waals surface area contributed by atoms with Crippen molar-refractivity contribution in [3.63, 3.8) is 0 Å². The molecule has 2 aromatic rings. The Morgan fingerprint density at radius 1 is 0.833 bits per heavy atom. The molecule has 1 aliphatic rings. The number of piperazine rings is 1. The van der Waals surface area contributed by atoms with E-state index in [1.54, 1.807) is 7.11 Å². The van der Waals surface area contributed by atoms with E-state index in [4.69, 9.17) is 4.74 Å². The number of hydrogen-bond acceptors (Lipinski definition) is 3. The van der Waals surface area contributed by atoms with Gasteiger partial charge in [-0.15, -0.1) is 0 Å². The van der Waals surface area contributed by atoms with Gasteiger partial charge in [0.2, 0.25) is 0 Å². The van der Waals surface area contributed by atoms with E-state index in [1.807, 2.05) is 0 Å². The van der Waals surface area contributed by atoms with Crippen LogP contribution in [0.4, 0.5) is 5.69 Å². The van der Waals surface area contributed by atoms with Crippen molar-refractivity contribution < 1.29 is 4.74 Å². The zero-order valence-electron chi connectivity index (χ0n) is 14.7. The Bertz CT molecular complexity index is 589. The lowest BCUT2D eigenvalue weighted by atomic mass is 10.1. The second-order valence-electron chi connectivity index (χ2n) is 6.47. The maximum atomic E-state index is 5.20. The maximum Gasteiger partial charge on any atom is 0.118 e. The van der Waals surface area contributed by atoms with Crippen LogP contribution in [0.15, 0.2) is 54.6 Å². The number of aryl methyl sites for hydroxylation is 1. The van der Waals surface area contributed by atoms with Gasteiger partial charge in [-0.25, -0.2) is 0 Å². The number of hydrogen-bond donors (Lipinski definition) is 0. The molecule has 1 fully saturated rings. The fourth-order valence-corrected chi connectivity index (χ4v) is 3.33. The summed E-state index contributed by atoms with van der Waals surface area (Å²) < 4.78 is 5.20. The van der Waals surface area contributed by atoms with Gasteiger partial charge in [-0.1, -0.05) is 30.3 Å². The Kier molecular flexibility index (Phi) is 6.13. The molecule has 0 spiro atoms. The van der Waals surface area contributed by atoms with Crippen LogP contribution in [0.5, 0.6) is 5.75 Å². The third kappa shape index (κ3) is 4.75. The summed E-state index contributed by atoms with van der Waals surface area (Å²) in [5, 5.41) is 0. The van der Waals surface area contributed by atoms with Gasteiger partial charge < -0.3 is 9.64 Å². The molecule has 0 bridgehead atoms. The van der Waals surface area contributed by atoms with Crippen molar-refractivity contribution in [1.29, 1.82) is 0 Å². The highest BCUT2D eigenvalue weighted by atomic mass is 16.5. The number of benzene rings is 2. The van der Waals surface area contributed by atoms with Crippen LogP contribution in [0.3, 0.4) is 0 Å². The largest absolute Gasteiger partial charge is 0.497 e. The van der Waals surface area contributed by atoms with E-state index in [9.17, 15) is 0 Å². The number of anilines is 1. The summed E-state index contributed by atoms with van der Waals surface area (Å²) in [5.41, 5.74) is 2.77. The van der Waals surface area contributed by atoms with Crippen molar-refractivity contribution in [3.05, 3.63) is 60.2 Å². The molecule has 0 unspecified atom stereocenters. The van der Waals surface area contributed by atoms with E-state index >= 15 is 0 Å². The Hall–Kier alpha value is -2.00. The summed E-state index contributed by atoms with van der Waals surface area (Å²) in [6.45, 7) is 5.86. The van der Waals surface area contributed by atoms with E-state index in [-0.39, 0.29) is 0 Å². The molecule has 1 aliphatic heterocycles. The molecule has 0 saturated carbocycles. The molecule has 0 radical (unpaired) electrons. The van der Waals surface area contributed by atoms with Gasteiger partial charge >= 0.3 is 0 Å². The van der Waals surface area contributed by atoms with Gasteiger partial charge in [-0.3, -0.25) is 4.90 Å². The number of ether oxygens (including phenoxy) is 1. The van der Waals surface area contributed by atoms with Crippen molar-refractivity contribution in [1.82, 2.24) is 4.90 Å². The summed E-state index contributed by atoms with van der Waals surface area (Å²) >= 11 is 0. The SMILES string of the molecule is COc1ccc(CCCCN2CCN(c3ccccc3)CC2)cc1. The highest BCUT2D eigenvalue weighted by Gasteiger charge is 2.16. The van der Waals surface area contributed by atoms with Gasteiger partial charge in [0, 0.05) is 31.9 Å². The summed E-state index contributed by atoms with van der Waals surface area (Å²) in [5.74, 6) is 0.940. The fraction of sp³-hybridized carbons (Fsp3) is 0.429. The van der Waals surface area contributed by atoms with E-state index in [0.29, 0.717) is 0 Å². The van der Waals surface area contributed by atoms with Crippen LogP contribution < -0.4 is 9.64 Å². The van der Waals surface area contributed by atoms with E-state index < -0.39 is 0 Å². The lowest BCUT2D eigenvalue weighted by molar-refractivity contribution is 0.253. The first-order valence-electron chi connectivity index (χ1n) is 9.00. The summed E-state index contributed by atoms with van der Waals surface area (Å²) in [6, 6.07) is 19.2. The summed E-state index contributed by atoms with van der Waals surface area (Å²) in [4.78, 5) is 5.10. The average molecular weight is 324 g/mol. The molecule has 0 N–H and O–H groups in total. The second-order valence-corrected chi connectivity index (χ2v) is 6.47. The summed E-state index contributed by atoms with van der Waals surface area (Å²) in [7, 11) is 1.71. The minimum Gasteiger partial charge on any atom is -0.497 e. The standard InChI is InChI=1S/C21H28N2O/c1-24-21-12-10-19(11-13-21)7-5-6-14-22-15-17-23(18-16-22)20-8-3-2-4-9-20/h2-4,8-13H,5-7,14-18H2,1H3. The molecule has 24 heavy (non-hydrogen) atoms. The van der Waals surface area contributed by atoms with Crippen LogP contribution in [-0.2, 0) is 6.42 Å². The third-order valence-electron chi connectivity index (χ3n) is 4.84. The first-order chi connectivity index (χ1) is 11.8. The smallest absolute Gasteiger partial charge is 0.118 e. The third-order valence-corrected chi connectivity index (χ3v) is 4.84. The van der Waals surface area contributed by atoms with Gasteiger partial charge in [0.05, 0.1) is 7.11 Å². The molecule has 0 aromatic heterocycles. The highest BCUT2D eigenvalue weighted by Crippen LogP contribution is 2.16. The minimum absolute atomic E-state index is 0.940. The van der Waals surface area contributed by atoms with Crippen molar-refractivity contribution in [2.24, 2.45) is 0 Å². The molecular formula is C21H28N2O. The van der Waals surface area contributed by atoms with Crippen molar-refractivity contribution in [2.75, 3.05) is 44.7 Å². The predicted octanol–water partition coefficient (Wildman–Crippen LogP) is 3.84. The monoisotopic (exact) mass is 324 g/mol. The summed E-state index contributed by atoms with van der Waals surface area (Å²) in [6.07, 6.45) is 3.69. The molecule has 128 valence electrons. The second kappa shape index (κ2) is 8.74. The highest BCUT2D eigenvalue weighted by molar-refractivity contribution is 5.46. The Balaban J connectivity index is 1.33. The number of nitrogens with zero attached hydrogens (tertiary/aromatic N) is 2. The number of rotatable bonds is 7. The number of unbranched alkanes of at least 4 members (excludes halogenated alkanes) is 1. The molecule has 2 aromatic carbocycles. The average Bonchev–Trinajstić information content (AvgIpc) is 2.67. The molecule has 0 amide bonds. The first kappa shape index (κ1) is 16.8. The Morgan fingerprint density at radius 3 is 2.21 bits per heavy atom. The van der Waals surface area contributed by atoms with Crippen molar-refractivity contribution in [2.45, 2.75) is 19.3 Å². The molecular weight excluding hydrogens is 296 g/mol. The van der Waals surface area contributed by atoms with Gasteiger partial charge in [0.25, 0.3) is 0 Å². The molecule has 1 saturated heterocycles. The topological polar surface area (TPSA) is 15.7 Å². The molecule has 0 aliphatic carbocycles. The van der Waals surface area contributed by atoms with Crippen molar-refractivity contribution >= 4 is 5.69 Å². The van der Waals surface area contributed by atoms with Crippen LogP contribution in [0.1, 0.15) is 18.4 Å². The maximum absolute atomic E-state index is 5.20. The van der Waals surface area contributed by atoms with Crippen LogP contribution in [0, 0.1) is 0 Å². The zero-order chi connectivity index (χ0) is 16.6. The Labute approximate surface area is 145 Å². The molecule has 3 heteroatoms. The van der Waals surface area contributed by atoms with Gasteiger partial charge in [-0.2, -0.15) is 0 Å². The van der Waals surface area contributed by atoms with Gasteiger partial charge in [0.15, 0.2) is 0 Å². The predicted molar refractivity (Wildman–Crippen MR) is 101 cm³/mol. The van der Waals surface area contributed by atoms with E-state index in [0.717, 1.165) is 25.3 Å². The van der Waals surface area contributed by atoms with Crippen LogP contribution in [-0.4, -0.2) is 44.7 Å². The number of para-hydroxylation sites is 1. The molecule has 0 atom stereocenters. The van der Waals surface area contributed by atoms with Crippen molar-refractivity contribution in [3.8, 4) is 5.75 Å².